The van der Waals surface area contributed by atoms with E-state index in [4.69, 9.17) is 14.2 Å². The Balaban J connectivity index is 4.18. The van der Waals surface area contributed by atoms with Crippen LogP contribution >= 0.6 is 0 Å². The number of rotatable bonds is 30. The lowest BCUT2D eigenvalue weighted by Gasteiger charge is -2.31. The number of nitrogens with zero attached hydrogens (tertiary/aromatic N) is 1. The summed E-state index contributed by atoms with van der Waals surface area (Å²) in [4.78, 5) is 36.1. The molecular weight excluding hydrogens is 570 g/mol. The Morgan fingerprint density at radius 3 is 1.78 bits per heavy atom. The van der Waals surface area contributed by atoms with Crippen molar-refractivity contribution in [3.8, 4) is 0 Å². The third-order valence-electron chi connectivity index (χ3n) is 7.54. The van der Waals surface area contributed by atoms with Crippen LogP contribution in [0, 0.1) is 0 Å². The van der Waals surface area contributed by atoms with Crippen molar-refractivity contribution < 1.29 is 38.2 Å². The van der Waals surface area contributed by atoms with Gasteiger partial charge in [0.25, 0.3) is 0 Å². The summed E-state index contributed by atoms with van der Waals surface area (Å²) < 4.78 is 16.9. The van der Waals surface area contributed by atoms with E-state index in [0.29, 0.717) is 19.3 Å². The normalized spacial score (nSPS) is 13.5. The second-order valence-electron chi connectivity index (χ2n) is 12.8. The molecule has 1 N–H and O–H groups in total. The fraction of sp³-hybridized carbons (Fsp3) is 0.757. The molecule has 0 aliphatic heterocycles. The number of quaternary nitrogens is 1. The van der Waals surface area contributed by atoms with E-state index in [-0.39, 0.29) is 36.2 Å². The second-order valence-corrected chi connectivity index (χ2v) is 12.8. The molecule has 0 saturated heterocycles. The Hall–Kier alpha value is -2.45. The summed E-state index contributed by atoms with van der Waals surface area (Å²) in [5.74, 6) is -1.53. The van der Waals surface area contributed by atoms with Crippen molar-refractivity contribution in [2.24, 2.45) is 0 Å². The molecule has 0 aromatic heterocycles. The molecule has 0 aromatic rings. The number of carboxylic acids is 1. The van der Waals surface area contributed by atoms with Crippen LogP contribution in [0.25, 0.3) is 0 Å². The van der Waals surface area contributed by atoms with Crippen molar-refractivity contribution in [1.82, 2.24) is 0 Å². The van der Waals surface area contributed by atoms with Gasteiger partial charge in [0.1, 0.15) is 6.61 Å². The molecule has 0 aliphatic rings. The molecule has 8 nitrogen and oxygen atoms in total. The van der Waals surface area contributed by atoms with Gasteiger partial charge in [0.2, 0.25) is 0 Å². The number of carbonyl (C=O) groups excluding carboxylic acids is 2. The van der Waals surface area contributed by atoms with Crippen LogP contribution in [0.15, 0.2) is 36.5 Å². The van der Waals surface area contributed by atoms with E-state index >= 15 is 0 Å². The van der Waals surface area contributed by atoms with E-state index in [2.05, 4.69) is 43.4 Å². The number of unbranched alkanes of at least 4 members (excludes halogenated alkanes) is 10. The number of carbonyl (C=O) groups is 3. The van der Waals surface area contributed by atoms with Crippen LogP contribution in [0.4, 0.5) is 0 Å². The van der Waals surface area contributed by atoms with Gasteiger partial charge in [-0.1, -0.05) is 95.2 Å². The lowest BCUT2D eigenvalue weighted by Crippen LogP contribution is -2.50. The molecular formula is C37H66NO7+. The highest BCUT2D eigenvalue weighted by atomic mass is 16.6. The maximum atomic E-state index is 12.5. The number of hydrogen-bond donors (Lipinski definition) is 1. The van der Waals surface area contributed by atoms with Crippen LogP contribution in [0.3, 0.4) is 0 Å². The van der Waals surface area contributed by atoms with Crippen molar-refractivity contribution >= 4 is 17.9 Å². The van der Waals surface area contributed by atoms with Crippen molar-refractivity contribution in [2.45, 2.75) is 142 Å². The Labute approximate surface area is 274 Å². The van der Waals surface area contributed by atoms with Crippen LogP contribution in [0.5, 0.6) is 0 Å². The smallest absolute Gasteiger partial charge is 0.362 e. The number of aliphatic carboxylic acids is 1. The highest BCUT2D eigenvalue weighted by Gasteiger charge is 2.31. The molecule has 0 aliphatic carbocycles. The van der Waals surface area contributed by atoms with Crippen LogP contribution in [0.2, 0.25) is 0 Å². The Morgan fingerprint density at radius 1 is 0.667 bits per heavy atom. The van der Waals surface area contributed by atoms with E-state index in [1.165, 1.54) is 38.5 Å². The highest BCUT2D eigenvalue weighted by molar-refractivity contribution is 5.72. The van der Waals surface area contributed by atoms with E-state index in [0.717, 1.165) is 57.8 Å². The lowest BCUT2D eigenvalue weighted by molar-refractivity contribution is -0.887. The first kappa shape index (κ1) is 42.6. The summed E-state index contributed by atoms with van der Waals surface area (Å²) in [5, 5.41) is 9.50. The first-order valence-electron chi connectivity index (χ1n) is 17.5. The molecule has 260 valence electrons. The van der Waals surface area contributed by atoms with Gasteiger partial charge in [-0.25, -0.2) is 4.79 Å². The van der Waals surface area contributed by atoms with E-state index in [1.54, 1.807) is 0 Å². The van der Waals surface area contributed by atoms with Crippen molar-refractivity contribution in [3.63, 3.8) is 0 Å². The summed E-state index contributed by atoms with van der Waals surface area (Å²) in [7, 11) is 5.48. The number of likely N-dealkylation sites (N-methyl/N-ethyl adjacent to an activating group) is 1. The molecule has 0 heterocycles. The quantitative estimate of drug-likeness (QED) is 0.0366. The van der Waals surface area contributed by atoms with Gasteiger partial charge in [-0.15, -0.1) is 0 Å². The van der Waals surface area contributed by atoms with Gasteiger partial charge >= 0.3 is 17.9 Å². The monoisotopic (exact) mass is 636 g/mol. The zero-order valence-electron chi connectivity index (χ0n) is 29.3. The molecule has 2 atom stereocenters. The zero-order chi connectivity index (χ0) is 33.6. The van der Waals surface area contributed by atoms with Gasteiger partial charge in [-0.2, -0.15) is 0 Å². The average molecular weight is 637 g/mol. The SMILES string of the molecule is CCCCC/C=C\C/C=C\C/C=C\CCCCCCCCC(=O)OC(COCCC(C(=O)O)[N+](C)(C)C)COC(=O)CCCC. The number of hydrogen-bond acceptors (Lipinski definition) is 6. The molecule has 0 radical (unpaired) electrons. The average Bonchev–Trinajstić information content (AvgIpc) is 2.98. The van der Waals surface area contributed by atoms with E-state index in [1.807, 2.05) is 28.1 Å². The first-order chi connectivity index (χ1) is 21.6. The molecule has 0 bridgehead atoms. The number of carboxylic acid groups (broad SMARTS) is 1. The van der Waals surface area contributed by atoms with Crippen LogP contribution in [0.1, 0.15) is 129 Å². The molecule has 0 fully saturated rings. The van der Waals surface area contributed by atoms with E-state index < -0.39 is 18.1 Å². The van der Waals surface area contributed by atoms with Crippen LogP contribution < -0.4 is 0 Å². The summed E-state index contributed by atoms with van der Waals surface area (Å²) in [5.41, 5.74) is 0. The van der Waals surface area contributed by atoms with Gasteiger partial charge in [0, 0.05) is 19.3 Å². The molecule has 2 unspecified atom stereocenters. The molecule has 0 aromatic carbocycles. The standard InChI is InChI=1S/C37H65NO7/c1-6-8-10-11-12-13-14-15-16-17-18-19-20-21-22-23-24-25-26-28-36(40)45-33(32-44-35(39)27-9-7-2)31-43-30-29-34(37(41)42)38(3,4)5/h12-13,15-16,18-19,33-34H,6-11,14,17,20-32H2,1-5H3/p+1/b13-12-,16-15-,19-18-. The van der Waals surface area contributed by atoms with Gasteiger partial charge in [0.05, 0.1) is 34.4 Å². The summed E-state index contributed by atoms with van der Waals surface area (Å²) >= 11 is 0. The second kappa shape index (κ2) is 29.0. The first-order valence-corrected chi connectivity index (χ1v) is 17.5. The summed E-state index contributed by atoms with van der Waals surface area (Å²) in [6, 6.07) is -0.612. The Kier molecular flexibility index (Phi) is 27.4. The minimum Gasteiger partial charge on any atom is -0.477 e. The number of ether oxygens (including phenoxy) is 3. The van der Waals surface area contributed by atoms with Crippen molar-refractivity contribution in [3.05, 3.63) is 36.5 Å². The topological polar surface area (TPSA) is 99.1 Å². The predicted octanol–water partition coefficient (Wildman–Crippen LogP) is 8.35. The minimum absolute atomic E-state index is 0.0531. The molecule has 0 amide bonds. The maximum absolute atomic E-state index is 12.5. The van der Waals surface area contributed by atoms with Crippen molar-refractivity contribution in [1.29, 1.82) is 0 Å². The fourth-order valence-corrected chi connectivity index (χ4v) is 4.72. The maximum Gasteiger partial charge on any atom is 0.362 e. The third-order valence-corrected chi connectivity index (χ3v) is 7.54. The largest absolute Gasteiger partial charge is 0.477 e. The third kappa shape index (κ3) is 27.6. The summed E-state index contributed by atoms with van der Waals surface area (Å²) in [6.07, 6.45) is 30.0. The summed E-state index contributed by atoms with van der Waals surface area (Å²) in [6.45, 7) is 4.43. The lowest BCUT2D eigenvalue weighted by atomic mass is 10.1. The number of esters is 2. The van der Waals surface area contributed by atoms with Gasteiger partial charge in [-0.3, -0.25) is 9.59 Å². The molecule has 0 saturated carbocycles. The minimum atomic E-state index is -0.883. The Morgan fingerprint density at radius 2 is 1.20 bits per heavy atom. The van der Waals surface area contributed by atoms with Crippen LogP contribution in [-0.2, 0) is 28.6 Å². The molecule has 45 heavy (non-hydrogen) atoms. The van der Waals surface area contributed by atoms with Gasteiger partial charge in [0.15, 0.2) is 12.1 Å². The fourth-order valence-electron chi connectivity index (χ4n) is 4.72. The molecule has 0 rings (SSSR count). The van der Waals surface area contributed by atoms with Crippen molar-refractivity contribution in [2.75, 3.05) is 41.0 Å². The molecule has 0 spiro atoms. The van der Waals surface area contributed by atoms with Gasteiger partial charge < -0.3 is 23.8 Å². The number of allylic oxidation sites excluding steroid dienone is 6. The highest BCUT2D eigenvalue weighted by Crippen LogP contribution is 2.12. The Bertz CT molecular complexity index is 844. The zero-order valence-corrected chi connectivity index (χ0v) is 29.3. The van der Waals surface area contributed by atoms with E-state index in [9.17, 15) is 19.5 Å². The predicted molar refractivity (Wildman–Crippen MR) is 183 cm³/mol. The van der Waals surface area contributed by atoms with Gasteiger partial charge in [-0.05, 0) is 51.4 Å². The van der Waals surface area contributed by atoms with Crippen LogP contribution in [-0.4, -0.2) is 80.6 Å². The molecule has 8 heteroatoms.